The van der Waals surface area contributed by atoms with E-state index < -0.39 is 0 Å². The summed E-state index contributed by atoms with van der Waals surface area (Å²) in [5.74, 6) is -0.104. The molecule has 0 aromatic heterocycles. The molecule has 2 aromatic carbocycles. The fraction of sp³-hybridized carbons (Fsp3) is 0.316. The predicted octanol–water partition coefficient (Wildman–Crippen LogP) is 2.88. The summed E-state index contributed by atoms with van der Waals surface area (Å²) in [6.07, 6.45) is 0.397. The molecule has 1 fully saturated rings. The third kappa shape index (κ3) is 3.59. The summed E-state index contributed by atoms with van der Waals surface area (Å²) in [6, 6.07) is 16.5. The van der Waals surface area contributed by atoms with Crippen molar-refractivity contribution in [2.24, 2.45) is 0 Å². The highest BCUT2D eigenvalue weighted by molar-refractivity contribution is 5.79. The number of hydrogen-bond donors (Lipinski definition) is 0. The number of halogens is 1. The molecule has 2 aromatic rings. The van der Waals surface area contributed by atoms with E-state index in [0.717, 1.165) is 12.1 Å². The lowest BCUT2D eigenvalue weighted by molar-refractivity contribution is -0.133. The Hall–Kier alpha value is -2.20. The van der Waals surface area contributed by atoms with Crippen molar-refractivity contribution in [2.45, 2.75) is 12.5 Å². The first kappa shape index (κ1) is 15.7. The number of likely N-dealkylation sites (N-methyl/N-ethyl adjacent to an activating group) is 1. The molecule has 1 aliphatic heterocycles. The summed E-state index contributed by atoms with van der Waals surface area (Å²) >= 11 is 0. The highest BCUT2D eigenvalue weighted by atomic mass is 19.1. The van der Waals surface area contributed by atoms with Gasteiger partial charge in [0, 0.05) is 25.2 Å². The second-order valence-corrected chi connectivity index (χ2v) is 6.02. The Morgan fingerprint density at radius 2 is 1.78 bits per heavy atom. The topological polar surface area (TPSA) is 23.6 Å². The molecule has 1 atom stereocenters. The van der Waals surface area contributed by atoms with E-state index >= 15 is 0 Å². The molecule has 120 valence electrons. The van der Waals surface area contributed by atoms with Crippen LogP contribution in [0.1, 0.15) is 17.2 Å². The van der Waals surface area contributed by atoms with Gasteiger partial charge in [0.15, 0.2) is 0 Å². The molecular formula is C19H21FN2O. The highest BCUT2D eigenvalue weighted by Gasteiger charge is 2.29. The zero-order valence-electron chi connectivity index (χ0n) is 13.3. The Labute approximate surface area is 136 Å². The molecule has 0 saturated carbocycles. The van der Waals surface area contributed by atoms with Gasteiger partial charge in [-0.1, -0.05) is 48.5 Å². The first-order valence-electron chi connectivity index (χ1n) is 7.91. The van der Waals surface area contributed by atoms with E-state index in [0.29, 0.717) is 25.1 Å². The van der Waals surface area contributed by atoms with Crippen molar-refractivity contribution >= 4 is 5.91 Å². The number of benzene rings is 2. The number of carbonyl (C=O) groups excluding carboxylic acids is 1. The molecule has 1 amide bonds. The smallest absolute Gasteiger partial charge is 0.227 e. The van der Waals surface area contributed by atoms with Crippen molar-refractivity contribution < 1.29 is 9.18 Å². The van der Waals surface area contributed by atoms with Crippen LogP contribution in [0.5, 0.6) is 0 Å². The number of piperazine rings is 1. The standard InChI is InChI=1S/C19H21FN2O/c1-21-11-12-22(19(23)13-15-7-3-2-4-8-15)14-18(21)16-9-5-6-10-17(16)20/h2-10,18H,11-14H2,1H3. The van der Waals surface area contributed by atoms with E-state index in [1.807, 2.05) is 54.4 Å². The molecule has 0 aliphatic carbocycles. The summed E-state index contributed by atoms with van der Waals surface area (Å²) in [7, 11) is 1.98. The molecule has 0 radical (unpaired) electrons. The molecular weight excluding hydrogens is 291 g/mol. The van der Waals surface area contributed by atoms with Crippen molar-refractivity contribution in [3.63, 3.8) is 0 Å². The minimum Gasteiger partial charge on any atom is -0.339 e. The van der Waals surface area contributed by atoms with Crippen LogP contribution in [0.3, 0.4) is 0 Å². The molecule has 3 rings (SSSR count). The van der Waals surface area contributed by atoms with Gasteiger partial charge < -0.3 is 4.90 Å². The average molecular weight is 312 g/mol. The molecule has 1 heterocycles. The van der Waals surface area contributed by atoms with Crippen molar-refractivity contribution in [1.82, 2.24) is 9.80 Å². The van der Waals surface area contributed by atoms with E-state index in [4.69, 9.17) is 0 Å². The van der Waals surface area contributed by atoms with Crippen molar-refractivity contribution in [2.75, 3.05) is 26.7 Å². The zero-order chi connectivity index (χ0) is 16.2. The summed E-state index contributed by atoms with van der Waals surface area (Å²) in [6.45, 7) is 1.97. The predicted molar refractivity (Wildman–Crippen MR) is 88.5 cm³/mol. The summed E-state index contributed by atoms with van der Waals surface area (Å²) in [4.78, 5) is 16.5. The molecule has 4 heteroatoms. The van der Waals surface area contributed by atoms with E-state index in [1.165, 1.54) is 6.07 Å². The van der Waals surface area contributed by atoms with Gasteiger partial charge >= 0.3 is 0 Å². The van der Waals surface area contributed by atoms with Crippen LogP contribution in [0.2, 0.25) is 0 Å². The molecule has 0 spiro atoms. The second-order valence-electron chi connectivity index (χ2n) is 6.02. The average Bonchev–Trinajstić information content (AvgIpc) is 2.57. The van der Waals surface area contributed by atoms with Gasteiger partial charge in [0.05, 0.1) is 12.5 Å². The third-order valence-electron chi connectivity index (χ3n) is 4.46. The van der Waals surface area contributed by atoms with E-state index in [-0.39, 0.29) is 17.8 Å². The maximum atomic E-state index is 14.1. The van der Waals surface area contributed by atoms with E-state index in [1.54, 1.807) is 6.07 Å². The highest BCUT2D eigenvalue weighted by Crippen LogP contribution is 2.26. The zero-order valence-corrected chi connectivity index (χ0v) is 13.3. The van der Waals surface area contributed by atoms with Crippen LogP contribution < -0.4 is 0 Å². The van der Waals surface area contributed by atoms with Gasteiger partial charge in [-0.2, -0.15) is 0 Å². The lowest BCUT2D eigenvalue weighted by Crippen LogP contribution is -2.49. The van der Waals surface area contributed by atoms with Crippen LogP contribution in [0.4, 0.5) is 4.39 Å². The van der Waals surface area contributed by atoms with Gasteiger partial charge in [-0.3, -0.25) is 9.69 Å². The van der Waals surface area contributed by atoms with Crippen LogP contribution >= 0.6 is 0 Å². The number of hydrogen-bond acceptors (Lipinski definition) is 2. The first-order valence-corrected chi connectivity index (χ1v) is 7.91. The summed E-state index contributed by atoms with van der Waals surface area (Å²) < 4.78 is 14.1. The molecule has 1 unspecified atom stereocenters. The summed E-state index contributed by atoms with van der Waals surface area (Å²) in [5, 5.41) is 0. The Kier molecular flexibility index (Phi) is 4.72. The maximum absolute atomic E-state index is 14.1. The SMILES string of the molecule is CN1CCN(C(=O)Cc2ccccc2)CC1c1ccccc1F. The molecule has 0 bridgehead atoms. The Morgan fingerprint density at radius 1 is 1.09 bits per heavy atom. The van der Waals surface area contributed by atoms with Gasteiger partial charge in [-0.25, -0.2) is 4.39 Å². The number of carbonyl (C=O) groups is 1. The summed E-state index contributed by atoms with van der Waals surface area (Å²) in [5.41, 5.74) is 1.67. The lowest BCUT2D eigenvalue weighted by atomic mass is 10.0. The van der Waals surface area contributed by atoms with Crippen molar-refractivity contribution in [3.8, 4) is 0 Å². The van der Waals surface area contributed by atoms with Crippen LogP contribution in [-0.4, -0.2) is 42.4 Å². The fourth-order valence-electron chi connectivity index (χ4n) is 3.06. The minimum atomic E-state index is -0.207. The van der Waals surface area contributed by atoms with Crippen LogP contribution in [0.15, 0.2) is 54.6 Å². The second kappa shape index (κ2) is 6.92. The monoisotopic (exact) mass is 312 g/mol. The largest absolute Gasteiger partial charge is 0.339 e. The van der Waals surface area contributed by atoms with Gasteiger partial charge in [-0.15, -0.1) is 0 Å². The van der Waals surface area contributed by atoms with E-state index in [9.17, 15) is 9.18 Å². The van der Waals surface area contributed by atoms with Crippen molar-refractivity contribution in [1.29, 1.82) is 0 Å². The van der Waals surface area contributed by atoms with Gasteiger partial charge in [0.2, 0.25) is 5.91 Å². The number of amides is 1. The molecule has 0 N–H and O–H groups in total. The normalized spacial score (nSPS) is 18.9. The van der Waals surface area contributed by atoms with Gasteiger partial charge in [-0.05, 0) is 18.7 Å². The Bertz CT molecular complexity index is 674. The Balaban J connectivity index is 1.73. The third-order valence-corrected chi connectivity index (χ3v) is 4.46. The fourth-order valence-corrected chi connectivity index (χ4v) is 3.06. The maximum Gasteiger partial charge on any atom is 0.227 e. The Morgan fingerprint density at radius 3 is 2.52 bits per heavy atom. The van der Waals surface area contributed by atoms with Gasteiger partial charge in [0.1, 0.15) is 5.82 Å². The van der Waals surface area contributed by atoms with Crippen LogP contribution in [0.25, 0.3) is 0 Å². The minimum absolute atomic E-state index is 0.0929. The van der Waals surface area contributed by atoms with Crippen LogP contribution in [0, 0.1) is 5.82 Å². The quantitative estimate of drug-likeness (QED) is 0.870. The van der Waals surface area contributed by atoms with Crippen LogP contribution in [-0.2, 0) is 11.2 Å². The number of nitrogens with zero attached hydrogens (tertiary/aromatic N) is 2. The molecule has 1 aliphatic rings. The lowest BCUT2D eigenvalue weighted by Gasteiger charge is -2.39. The molecule has 1 saturated heterocycles. The van der Waals surface area contributed by atoms with E-state index in [2.05, 4.69) is 4.90 Å². The molecule has 3 nitrogen and oxygen atoms in total. The molecule has 23 heavy (non-hydrogen) atoms. The first-order chi connectivity index (χ1) is 11.1. The number of rotatable bonds is 3. The van der Waals surface area contributed by atoms with Crippen molar-refractivity contribution in [3.05, 3.63) is 71.5 Å². The van der Waals surface area contributed by atoms with Gasteiger partial charge in [0.25, 0.3) is 0 Å².